The maximum atomic E-state index is 12.9. The van der Waals surface area contributed by atoms with Crippen LogP contribution in [0.4, 0.5) is 24.5 Å². The largest absolute Gasteiger partial charge is 0.484 e. The number of carbonyl (C=O) groups excluding carboxylic acids is 2. The summed E-state index contributed by atoms with van der Waals surface area (Å²) >= 11 is 0. The highest BCUT2D eigenvalue weighted by molar-refractivity contribution is 6.09. The molecule has 0 aliphatic heterocycles. The quantitative estimate of drug-likeness (QED) is 0.317. The van der Waals surface area contributed by atoms with E-state index in [0.29, 0.717) is 17.0 Å². The Morgan fingerprint density at radius 2 is 1.64 bits per heavy atom. The van der Waals surface area contributed by atoms with Crippen LogP contribution < -0.4 is 15.4 Å². The highest BCUT2D eigenvalue weighted by atomic mass is 19.4. The van der Waals surface area contributed by atoms with Gasteiger partial charge >= 0.3 is 6.18 Å². The zero-order valence-electron chi connectivity index (χ0n) is 19.4. The summed E-state index contributed by atoms with van der Waals surface area (Å²) in [6.45, 7) is 3.71. The maximum absolute atomic E-state index is 12.9. The van der Waals surface area contributed by atoms with E-state index in [1.807, 2.05) is 26.0 Å². The zero-order valence-corrected chi connectivity index (χ0v) is 19.4. The van der Waals surface area contributed by atoms with E-state index < -0.39 is 17.6 Å². The smallest absolute Gasteiger partial charge is 0.416 e. The van der Waals surface area contributed by atoms with E-state index in [2.05, 4.69) is 10.6 Å². The molecule has 184 valence electrons. The molecule has 0 unspecified atom stereocenters. The summed E-state index contributed by atoms with van der Waals surface area (Å²) in [6, 6.07) is 17.7. The van der Waals surface area contributed by atoms with Gasteiger partial charge in [-0.15, -0.1) is 0 Å². The first-order valence-electron chi connectivity index (χ1n) is 10.8. The molecule has 6 nitrogen and oxygen atoms in total. The van der Waals surface area contributed by atoms with E-state index in [4.69, 9.17) is 4.74 Å². The number of anilines is 2. The first-order chi connectivity index (χ1) is 17.0. The van der Waals surface area contributed by atoms with Crippen LogP contribution in [0, 0.1) is 25.2 Å². The Labute approximate surface area is 206 Å². The topological polar surface area (TPSA) is 91.2 Å². The van der Waals surface area contributed by atoms with Gasteiger partial charge in [0.25, 0.3) is 11.8 Å². The van der Waals surface area contributed by atoms with E-state index in [-0.39, 0.29) is 23.8 Å². The van der Waals surface area contributed by atoms with Crippen LogP contribution >= 0.6 is 0 Å². The Morgan fingerprint density at radius 3 is 2.28 bits per heavy atom. The molecule has 9 heteroatoms. The van der Waals surface area contributed by atoms with Gasteiger partial charge < -0.3 is 15.4 Å². The number of nitrogens with one attached hydrogen (secondary N) is 2. The van der Waals surface area contributed by atoms with E-state index >= 15 is 0 Å². The minimum atomic E-state index is -4.56. The van der Waals surface area contributed by atoms with Crippen molar-refractivity contribution in [2.75, 3.05) is 17.2 Å². The molecule has 0 saturated heterocycles. The fourth-order valence-electron chi connectivity index (χ4n) is 3.11. The van der Waals surface area contributed by atoms with Crippen LogP contribution in [-0.4, -0.2) is 18.4 Å². The monoisotopic (exact) mass is 493 g/mol. The molecular weight excluding hydrogens is 471 g/mol. The second-order valence-corrected chi connectivity index (χ2v) is 7.91. The van der Waals surface area contributed by atoms with Gasteiger partial charge in [-0.25, -0.2) is 0 Å². The number of aryl methyl sites for hydroxylation is 2. The summed E-state index contributed by atoms with van der Waals surface area (Å²) in [4.78, 5) is 24.5. The molecule has 0 fully saturated rings. The Morgan fingerprint density at radius 1 is 0.944 bits per heavy atom. The average Bonchev–Trinajstić information content (AvgIpc) is 2.84. The van der Waals surface area contributed by atoms with E-state index in [9.17, 15) is 28.0 Å². The molecule has 0 radical (unpaired) electrons. The lowest BCUT2D eigenvalue weighted by Gasteiger charge is -2.10. The van der Waals surface area contributed by atoms with E-state index in [1.165, 1.54) is 12.1 Å². The summed E-state index contributed by atoms with van der Waals surface area (Å²) in [5.74, 6) is -0.783. The second kappa shape index (κ2) is 11.2. The fraction of sp³-hybridized carbons (Fsp3) is 0.148. The highest BCUT2D eigenvalue weighted by Gasteiger charge is 2.30. The minimum Gasteiger partial charge on any atom is -0.484 e. The fourth-order valence-corrected chi connectivity index (χ4v) is 3.11. The van der Waals surface area contributed by atoms with E-state index in [1.54, 1.807) is 36.4 Å². The number of halogens is 3. The molecule has 2 amide bonds. The van der Waals surface area contributed by atoms with Crippen LogP contribution in [0.5, 0.6) is 5.75 Å². The van der Waals surface area contributed by atoms with Gasteiger partial charge in [0, 0.05) is 11.4 Å². The lowest BCUT2D eigenvalue weighted by Crippen LogP contribution is -2.20. The van der Waals surface area contributed by atoms with Gasteiger partial charge in [-0.3, -0.25) is 9.59 Å². The van der Waals surface area contributed by atoms with Crippen molar-refractivity contribution in [3.05, 3.63) is 94.6 Å². The minimum absolute atomic E-state index is 0.0844. The van der Waals surface area contributed by atoms with Crippen LogP contribution in [-0.2, 0) is 15.8 Å². The van der Waals surface area contributed by atoms with Crippen LogP contribution in [0.15, 0.2) is 72.3 Å². The maximum Gasteiger partial charge on any atom is 0.416 e. The highest BCUT2D eigenvalue weighted by Crippen LogP contribution is 2.30. The molecule has 3 aromatic rings. The Hall–Kier alpha value is -4.58. The molecule has 0 heterocycles. The molecule has 0 aromatic heterocycles. The Kier molecular flexibility index (Phi) is 8.12. The Bertz CT molecular complexity index is 1340. The summed E-state index contributed by atoms with van der Waals surface area (Å²) in [7, 11) is 0. The lowest BCUT2D eigenvalue weighted by atomic mass is 10.1. The third kappa shape index (κ3) is 7.21. The number of carbonyl (C=O) groups is 2. The number of hydrogen-bond donors (Lipinski definition) is 2. The third-order valence-electron chi connectivity index (χ3n) is 5.16. The van der Waals surface area contributed by atoms with Gasteiger partial charge in [0.1, 0.15) is 17.4 Å². The average molecular weight is 493 g/mol. The van der Waals surface area contributed by atoms with Crippen molar-refractivity contribution >= 4 is 29.3 Å². The summed E-state index contributed by atoms with van der Waals surface area (Å²) in [5, 5.41) is 14.4. The van der Waals surface area contributed by atoms with Crippen LogP contribution in [0.2, 0.25) is 0 Å². The first-order valence-corrected chi connectivity index (χ1v) is 10.8. The van der Waals surface area contributed by atoms with Crippen molar-refractivity contribution < 1.29 is 27.5 Å². The molecule has 0 bridgehead atoms. The van der Waals surface area contributed by atoms with Crippen LogP contribution in [0.1, 0.15) is 22.3 Å². The predicted octanol–water partition coefficient (Wildman–Crippen LogP) is 5.89. The predicted molar refractivity (Wildman–Crippen MR) is 130 cm³/mol. The zero-order chi connectivity index (χ0) is 26.3. The number of hydrogen-bond acceptors (Lipinski definition) is 4. The van der Waals surface area contributed by atoms with Crippen molar-refractivity contribution in [1.29, 1.82) is 5.26 Å². The number of rotatable bonds is 7. The summed E-state index contributed by atoms with van der Waals surface area (Å²) < 4.78 is 44.1. The van der Waals surface area contributed by atoms with Gasteiger partial charge in [-0.2, -0.15) is 18.4 Å². The standard InChI is InChI=1S/C27H22F3N3O3/c1-17-6-9-23(12-18(17)2)32-25(34)16-36-24-10-7-19(8-11-24)13-20(15-31)26(35)33-22-5-3-4-21(14-22)27(28,29)30/h3-14H,16H2,1-2H3,(H,32,34)(H,33,35)/b20-13+. The number of benzene rings is 3. The van der Waals surface area contributed by atoms with Gasteiger partial charge in [-0.1, -0.05) is 24.3 Å². The van der Waals surface area contributed by atoms with Gasteiger partial charge in [-0.05, 0) is 79.1 Å². The lowest BCUT2D eigenvalue weighted by molar-refractivity contribution is -0.137. The molecule has 0 atom stereocenters. The van der Waals surface area contributed by atoms with Crippen LogP contribution in [0.25, 0.3) is 6.08 Å². The second-order valence-electron chi connectivity index (χ2n) is 7.91. The molecular formula is C27H22F3N3O3. The third-order valence-corrected chi connectivity index (χ3v) is 5.16. The number of amides is 2. The van der Waals surface area contributed by atoms with Crippen molar-refractivity contribution in [2.24, 2.45) is 0 Å². The van der Waals surface area contributed by atoms with Crippen molar-refractivity contribution in [1.82, 2.24) is 0 Å². The van der Waals surface area contributed by atoms with Gasteiger partial charge in [0.15, 0.2) is 6.61 Å². The molecule has 0 spiro atoms. The van der Waals surface area contributed by atoms with Crippen molar-refractivity contribution in [2.45, 2.75) is 20.0 Å². The SMILES string of the molecule is Cc1ccc(NC(=O)COc2ccc(/C=C(\C#N)C(=O)Nc3cccc(C(F)(F)F)c3)cc2)cc1C. The number of nitriles is 1. The molecule has 0 aliphatic carbocycles. The normalized spacial score (nSPS) is 11.4. The Balaban J connectivity index is 1.59. The first kappa shape index (κ1) is 26.0. The van der Waals surface area contributed by atoms with Gasteiger partial charge in [0.2, 0.25) is 0 Å². The molecule has 36 heavy (non-hydrogen) atoms. The van der Waals surface area contributed by atoms with Crippen LogP contribution in [0.3, 0.4) is 0 Å². The van der Waals surface area contributed by atoms with Crippen molar-refractivity contribution in [3.63, 3.8) is 0 Å². The number of nitrogens with zero attached hydrogens (tertiary/aromatic N) is 1. The molecule has 0 aliphatic rings. The number of ether oxygens (including phenoxy) is 1. The number of alkyl halides is 3. The van der Waals surface area contributed by atoms with Gasteiger partial charge in [0.05, 0.1) is 5.56 Å². The molecule has 3 aromatic carbocycles. The molecule has 3 rings (SSSR count). The summed E-state index contributed by atoms with van der Waals surface area (Å²) in [5.41, 5.74) is 2.02. The van der Waals surface area contributed by atoms with Crippen molar-refractivity contribution in [3.8, 4) is 11.8 Å². The van der Waals surface area contributed by atoms with E-state index in [0.717, 1.165) is 29.3 Å². The molecule has 0 saturated carbocycles. The summed E-state index contributed by atoms with van der Waals surface area (Å²) in [6.07, 6.45) is -3.27. The molecule has 2 N–H and O–H groups in total.